The molecule has 7 nitrogen and oxygen atoms in total. The van der Waals surface area contributed by atoms with Crippen LogP contribution < -0.4 is 16.2 Å². The predicted octanol–water partition coefficient (Wildman–Crippen LogP) is 3.33. The van der Waals surface area contributed by atoms with E-state index < -0.39 is 0 Å². The molecular formula is C20H17N5O2. The van der Waals surface area contributed by atoms with Gasteiger partial charge in [0, 0.05) is 23.1 Å². The highest BCUT2D eigenvalue weighted by atomic mass is 16.2. The van der Waals surface area contributed by atoms with Gasteiger partial charge < -0.3 is 15.6 Å². The Balaban J connectivity index is 1.84. The second-order valence-electron chi connectivity index (χ2n) is 6.07. The highest BCUT2D eigenvalue weighted by Gasteiger charge is 2.22. The van der Waals surface area contributed by atoms with E-state index in [0.717, 1.165) is 5.69 Å². The first kappa shape index (κ1) is 16.6. The van der Waals surface area contributed by atoms with Crippen LogP contribution in [0.25, 0.3) is 5.65 Å². The van der Waals surface area contributed by atoms with Crippen molar-refractivity contribution in [3.63, 3.8) is 0 Å². The molecule has 0 aliphatic heterocycles. The van der Waals surface area contributed by atoms with E-state index in [0.29, 0.717) is 22.8 Å². The van der Waals surface area contributed by atoms with Crippen molar-refractivity contribution < 1.29 is 4.79 Å². The lowest BCUT2D eigenvalue weighted by Crippen LogP contribution is -2.16. The molecule has 0 aliphatic carbocycles. The number of para-hydroxylation sites is 2. The van der Waals surface area contributed by atoms with Crippen LogP contribution in [-0.2, 0) is 0 Å². The first-order valence-electron chi connectivity index (χ1n) is 8.43. The number of nitrogens with zero attached hydrogens (tertiary/aromatic N) is 2. The summed E-state index contributed by atoms with van der Waals surface area (Å²) in [5, 5.41) is 10.5. The molecule has 0 aliphatic rings. The van der Waals surface area contributed by atoms with Crippen molar-refractivity contribution in [3.8, 4) is 0 Å². The van der Waals surface area contributed by atoms with E-state index in [2.05, 4.69) is 20.7 Å². The van der Waals surface area contributed by atoms with Gasteiger partial charge in [-0.1, -0.05) is 36.4 Å². The Bertz CT molecular complexity index is 1160. The van der Waals surface area contributed by atoms with E-state index in [4.69, 9.17) is 0 Å². The normalized spacial score (nSPS) is 10.7. The van der Waals surface area contributed by atoms with Crippen molar-refractivity contribution in [3.05, 3.63) is 88.3 Å². The summed E-state index contributed by atoms with van der Waals surface area (Å²) in [6, 6.07) is 20.0. The molecule has 0 fully saturated rings. The smallest absolute Gasteiger partial charge is 0.263 e. The van der Waals surface area contributed by atoms with Gasteiger partial charge in [0.25, 0.3) is 11.5 Å². The van der Waals surface area contributed by atoms with Crippen molar-refractivity contribution in [1.29, 1.82) is 0 Å². The predicted molar refractivity (Wildman–Crippen MR) is 105 cm³/mol. The largest absolute Gasteiger partial charge is 0.338 e. The molecule has 0 bridgehead atoms. The molecule has 4 rings (SSSR count). The molecule has 2 aromatic heterocycles. The minimum Gasteiger partial charge on any atom is -0.338 e. The minimum absolute atomic E-state index is 0.267. The minimum atomic E-state index is -0.365. The maximum atomic E-state index is 13.0. The number of fused-ring (bicyclic) bond motifs is 1. The Labute approximate surface area is 154 Å². The number of carbonyl (C=O) groups is 1. The third kappa shape index (κ3) is 3.30. The third-order valence-corrected chi connectivity index (χ3v) is 4.10. The zero-order valence-corrected chi connectivity index (χ0v) is 14.6. The topological polar surface area (TPSA) is 91.3 Å². The number of carbonyl (C=O) groups excluding carboxylic acids is 1. The van der Waals surface area contributed by atoms with E-state index in [-0.39, 0.29) is 17.0 Å². The van der Waals surface area contributed by atoms with Gasteiger partial charge in [-0.3, -0.25) is 9.59 Å². The lowest BCUT2D eigenvalue weighted by Gasteiger charge is -2.07. The van der Waals surface area contributed by atoms with Crippen molar-refractivity contribution in [2.45, 2.75) is 6.92 Å². The molecule has 0 saturated heterocycles. The van der Waals surface area contributed by atoms with Crippen molar-refractivity contribution >= 4 is 28.7 Å². The second-order valence-corrected chi connectivity index (χ2v) is 6.07. The quantitative estimate of drug-likeness (QED) is 0.521. The maximum Gasteiger partial charge on any atom is 0.263 e. The van der Waals surface area contributed by atoms with Gasteiger partial charge in [-0.05, 0) is 31.2 Å². The van der Waals surface area contributed by atoms with Crippen LogP contribution in [0.2, 0.25) is 0 Å². The fourth-order valence-corrected chi connectivity index (χ4v) is 2.87. The molecule has 27 heavy (non-hydrogen) atoms. The zero-order valence-electron chi connectivity index (χ0n) is 14.6. The summed E-state index contributed by atoms with van der Waals surface area (Å²) in [6.07, 6.45) is 0. The van der Waals surface area contributed by atoms with E-state index in [1.807, 2.05) is 48.5 Å². The number of H-pyrrole nitrogens is 1. The molecule has 134 valence electrons. The number of aromatic nitrogens is 3. The SMILES string of the molecule is Cc1cc(=O)[nH]c2c(C(=O)Nc3ccccc3)c(Nc3ccccc3)nn12. The number of amides is 1. The van der Waals surface area contributed by atoms with Gasteiger partial charge in [-0.25, -0.2) is 4.52 Å². The van der Waals surface area contributed by atoms with Crippen LogP contribution in [0.3, 0.4) is 0 Å². The van der Waals surface area contributed by atoms with Gasteiger partial charge >= 0.3 is 0 Å². The summed E-state index contributed by atoms with van der Waals surface area (Å²) in [5.41, 5.74) is 2.39. The van der Waals surface area contributed by atoms with Crippen molar-refractivity contribution in [2.24, 2.45) is 0 Å². The summed E-state index contributed by atoms with van der Waals surface area (Å²) in [7, 11) is 0. The van der Waals surface area contributed by atoms with Crippen LogP contribution in [0.1, 0.15) is 16.1 Å². The number of rotatable bonds is 4. The molecule has 7 heteroatoms. The van der Waals surface area contributed by atoms with Gasteiger partial charge in [0.05, 0.1) is 0 Å². The van der Waals surface area contributed by atoms with Gasteiger partial charge in [-0.2, -0.15) is 0 Å². The van der Waals surface area contributed by atoms with Gasteiger partial charge in [0.2, 0.25) is 0 Å². The molecule has 2 aromatic carbocycles. The van der Waals surface area contributed by atoms with Crippen LogP contribution in [0.15, 0.2) is 71.5 Å². The highest BCUT2D eigenvalue weighted by Crippen LogP contribution is 2.24. The molecule has 0 unspecified atom stereocenters. The molecule has 3 N–H and O–H groups in total. The average molecular weight is 359 g/mol. The first-order valence-corrected chi connectivity index (χ1v) is 8.43. The number of benzene rings is 2. The monoisotopic (exact) mass is 359 g/mol. The summed E-state index contributed by atoms with van der Waals surface area (Å²) in [4.78, 5) is 27.7. The Kier molecular flexibility index (Phi) is 4.18. The number of hydrogen-bond donors (Lipinski definition) is 3. The Hall–Kier alpha value is -3.87. The molecule has 0 atom stereocenters. The molecular weight excluding hydrogens is 342 g/mol. The fraction of sp³-hybridized carbons (Fsp3) is 0.0500. The summed E-state index contributed by atoms with van der Waals surface area (Å²) >= 11 is 0. The van der Waals surface area contributed by atoms with Gasteiger partial charge in [0.15, 0.2) is 11.5 Å². The standard InChI is InChI=1S/C20H17N5O2/c1-13-12-16(26)23-19-17(20(27)22-15-10-6-3-7-11-15)18(24-25(13)19)21-14-8-4-2-5-9-14/h2-12H,1H3,(H,21,24)(H,22,27)(H,23,26). The zero-order chi connectivity index (χ0) is 18.8. The van der Waals surface area contributed by atoms with Gasteiger partial charge in [-0.15, -0.1) is 5.10 Å². The van der Waals surface area contributed by atoms with Crippen LogP contribution in [-0.4, -0.2) is 20.5 Å². The Morgan fingerprint density at radius 1 is 1.00 bits per heavy atom. The van der Waals surface area contributed by atoms with Crippen LogP contribution in [0.5, 0.6) is 0 Å². The Morgan fingerprint density at radius 3 is 2.30 bits per heavy atom. The maximum absolute atomic E-state index is 13.0. The molecule has 4 aromatic rings. The number of aryl methyl sites for hydroxylation is 1. The number of anilines is 3. The second kappa shape index (κ2) is 6.80. The van der Waals surface area contributed by atoms with E-state index in [1.54, 1.807) is 23.6 Å². The summed E-state index contributed by atoms with van der Waals surface area (Å²) in [6.45, 7) is 1.76. The fourth-order valence-electron chi connectivity index (χ4n) is 2.87. The van der Waals surface area contributed by atoms with Gasteiger partial charge in [0.1, 0.15) is 5.56 Å². The lowest BCUT2D eigenvalue weighted by molar-refractivity contribution is 0.102. The van der Waals surface area contributed by atoms with Crippen molar-refractivity contribution in [2.75, 3.05) is 10.6 Å². The van der Waals surface area contributed by atoms with Crippen LogP contribution >= 0.6 is 0 Å². The van der Waals surface area contributed by atoms with Crippen LogP contribution in [0, 0.1) is 6.92 Å². The van der Waals surface area contributed by atoms with E-state index in [9.17, 15) is 9.59 Å². The highest BCUT2D eigenvalue weighted by molar-refractivity contribution is 6.12. The number of aromatic amines is 1. The summed E-state index contributed by atoms with van der Waals surface area (Å²) < 4.78 is 1.55. The lowest BCUT2D eigenvalue weighted by atomic mass is 10.2. The number of hydrogen-bond acceptors (Lipinski definition) is 4. The molecule has 0 spiro atoms. The number of nitrogens with one attached hydrogen (secondary N) is 3. The molecule has 1 amide bonds. The molecule has 0 radical (unpaired) electrons. The van der Waals surface area contributed by atoms with E-state index >= 15 is 0 Å². The molecule has 2 heterocycles. The molecule has 0 saturated carbocycles. The van der Waals surface area contributed by atoms with Crippen molar-refractivity contribution in [1.82, 2.24) is 14.6 Å². The van der Waals surface area contributed by atoms with E-state index in [1.165, 1.54) is 6.07 Å². The van der Waals surface area contributed by atoms with Crippen LogP contribution in [0.4, 0.5) is 17.2 Å². The first-order chi connectivity index (χ1) is 13.1. The Morgan fingerprint density at radius 2 is 1.63 bits per heavy atom. The summed E-state index contributed by atoms with van der Waals surface area (Å²) in [5.74, 6) is -0.00420. The average Bonchev–Trinajstić information content (AvgIpc) is 3.01. The third-order valence-electron chi connectivity index (χ3n) is 4.10.